The first-order chi connectivity index (χ1) is 8.27. The van der Waals surface area contributed by atoms with Gasteiger partial charge in [0.05, 0.1) is 6.04 Å². The summed E-state index contributed by atoms with van der Waals surface area (Å²) in [6.45, 7) is 1.81. The highest BCUT2D eigenvalue weighted by Crippen LogP contribution is 2.22. The van der Waals surface area contributed by atoms with E-state index in [0.717, 1.165) is 18.1 Å². The Morgan fingerprint density at radius 3 is 2.82 bits per heavy atom. The zero-order valence-electron chi connectivity index (χ0n) is 10.1. The highest BCUT2D eigenvalue weighted by Gasteiger charge is 2.14. The number of aromatic nitrogens is 1. The van der Waals surface area contributed by atoms with Gasteiger partial charge in [0, 0.05) is 29.5 Å². The van der Waals surface area contributed by atoms with Crippen LogP contribution in [-0.4, -0.2) is 30.5 Å². The van der Waals surface area contributed by atoms with E-state index >= 15 is 0 Å². The molecule has 5 heteroatoms. The van der Waals surface area contributed by atoms with E-state index in [4.69, 9.17) is 0 Å². The van der Waals surface area contributed by atoms with Crippen molar-refractivity contribution in [1.82, 2.24) is 15.2 Å². The van der Waals surface area contributed by atoms with Crippen LogP contribution in [0.2, 0.25) is 0 Å². The molecule has 0 saturated carbocycles. The van der Waals surface area contributed by atoms with Crippen LogP contribution in [0.3, 0.4) is 0 Å². The van der Waals surface area contributed by atoms with Crippen molar-refractivity contribution in [2.75, 3.05) is 20.6 Å². The number of thiazole rings is 1. The van der Waals surface area contributed by atoms with Crippen LogP contribution in [-0.2, 0) is 6.54 Å². The van der Waals surface area contributed by atoms with Crippen molar-refractivity contribution in [2.24, 2.45) is 0 Å². The molecule has 2 rings (SSSR count). The molecule has 1 N–H and O–H groups in total. The number of nitrogens with zero attached hydrogens (tertiary/aromatic N) is 2. The number of nitrogens with one attached hydrogen (secondary N) is 1. The molecule has 0 fully saturated rings. The van der Waals surface area contributed by atoms with Crippen LogP contribution in [0.25, 0.3) is 0 Å². The fourth-order valence-corrected chi connectivity index (χ4v) is 3.18. The van der Waals surface area contributed by atoms with E-state index in [-0.39, 0.29) is 0 Å². The summed E-state index contributed by atoms with van der Waals surface area (Å²) >= 11 is 3.51. The third kappa shape index (κ3) is 3.61. The number of hydrogen-bond acceptors (Lipinski definition) is 5. The standard InChI is InChI=1S/C12H17N3S2/c1-15(2)10(11-4-3-6-16-11)8-13-9-12-14-5-7-17-12/h3-7,10,13H,8-9H2,1-2H3. The molecule has 2 aromatic heterocycles. The second-order valence-electron chi connectivity index (χ2n) is 4.05. The zero-order chi connectivity index (χ0) is 12.1. The molecule has 0 saturated heterocycles. The molecule has 2 heterocycles. The summed E-state index contributed by atoms with van der Waals surface area (Å²) in [4.78, 5) is 7.92. The maximum atomic E-state index is 4.27. The quantitative estimate of drug-likeness (QED) is 0.872. The van der Waals surface area contributed by atoms with Crippen molar-refractivity contribution in [3.8, 4) is 0 Å². The van der Waals surface area contributed by atoms with Gasteiger partial charge in [-0.15, -0.1) is 22.7 Å². The smallest absolute Gasteiger partial charge is 0.106 e. The number of rotatable bonds is 6. The van der Waals surface area contributed by atoms with E-state index in [1.807, 2.05) is 22.9 Å². The maximum Gasteiger partial charge on any atom is 0.106 e. The summed E-state index contributed by atoms with van der Waals surface area (Å²) in [7, 11) is 4.24. The lowest BCUT2D eigenvalue weighted by molar-refractivity contribution is 0.292. The van der Waals surface area contributed by atoms with Gasteiger partial charge in [0.1, 0.15) is 5.01 Å². The Labute approximate surface area is 110 Å². The van der Waals surface area contributed by atoms with Crippen LogP contribution >= 0.6 is 22.7 Å². The molecular weight excluding hydrogens is 250 g/mol. The predicted molar refractivity (Wildman–Crippen MR) is 74.6 cm³/mol. The second-order valence-corrected chi connectivity index (χ2v) is 6.01. The molecule has 1 unspecified atom stereocenters. The molecular formula is C12H17N3S2. The highest BCUT2D eigenvalue weighted by molar-refractivity contribution is 7.10. The number of likely N-dealkylation sites (N-methyl/N-ethyl adjacent to an activating group) is 1. The number of hydrogen-bond donors (Lipinski definition) is 1. The summed E-state index contributed by atoms with van der Waals surface area (Å²) in [5, 5.41) is 8.76. The van der Waals surface area contributed by atoms with Crippen molar-refractivity contribution in [1.29, 1.82) is 0 Å². The van der Waals surface area contributed by atoms with Crippen LogP contribution in [0, 0.1) is 0 Å². The van der Waals surface area contributed by atoms with E-state index in [9.17, 15) is 0 Å². The third-order valence-electron chi connectivity index (χ3n) is 2.59. The van der Waals surface area contributed by atoms with Crippen molar-refractivity contribution >= 4 is 22.7 Å². The largest absolute Gasteiger partial charge is 0.309 e. The average Bonchev–Trinajstić information content (AvgIpc) is 2.96. The Morgan fingerprint density at radius 2 is 2.24 bits per heavy atom. The van der Waals surface area contributed by atoms with E-state index in [2.05, 4.69) is 46.8 Å². The minimum Gasteiger partial charge on any atom is -0.309 e. The highest BCUT2D eigenvalue weighted by atomic mass is 32.1. The molecule has 0 aliphatic heterocycles. The summed E-state index contributed by atoms with van der Waals surface area (Å²) in [6.07, 6.45) is 1.85. The monoisotopic (exact) mass is 267 g/mol. The average molecular weight is 267 g/mol. The third-order valence-corrected chi connectivity index (χ3v) is 4.35. The predicted octanol–water partition coefficient (Wildman–Crippen LogP) is 2.60. The van der Waals surface area contributed by atoms with Crippen LogP contribution in [0.1, 0.15) is 15.9 Å². The second kappa shape index (κ2) is 6.26. The number of thiophene rings is 1. The van der Waals surface area contributed by atoms with E-state index in [1.54, 1.807) is 11.3 Å². The Kier molecular flexibility index (Phi) is 4.67. The SMILES string of the molecule is CN(C)C(CNCc1nccs1)c1cccs1. The van der Waals surface area contributed by atoms with Gasteiger partial charge < -0.3 is 10.2 Å². The van der Waals surface area contributed by atoms with Gasteiger partial charge in [-0.2, -0.15) is 0 Å². The fourth-order valence-electron chi connectivity index (χ4n) is 1.67. The first-order valence-corrected chi connectivity index (χ1v) is 7.32. The summed E-state index contributed by atoms with van der Waals surface area (Å²) < 4.78 is 0. The van der Waals surface area contributed by atoms with Gasteiger partial charge in [-0.3, -0.25) is 0 Å². The van der Waals surface area contributed by atoms with E-state index in [0.29, 0.717) is 6.04 Å². The van der Waals surface area contributed by atoms with E-state index in [1.165, 1.54) is 4.88 Å². The van der Waals surface area contributed by atoms with Gasteiger partial charge in [-0.05, 0) is 25.5 Å². The lowest BCUT2D eigenvalue weighted by Crippen LogP contribution is -2.30. The first kappa shape index (κ1) is 12.7. The van der Waals surface area contributed by atoms with Crippen molar-refractivity contribution in [2.45, 2.75) is 12.6 Å². The Hall–Kier alpha value is -0.750. The molecule has 92 valence electrons. The molecule has 3 nitrogen and oxygen atoms in total. The lowest BCUT2D eigenvalue weighted by atomic mass is 10.2. The molecule has 0 amide bonds. The Balaban J connectivity index is 1.86. The van der Waals surface area contributed by atoms with Crippen molar-refractivity contribution in [3.63, 3.8) is 0 Å². The molecule has 0 spiro atoms. The topological polar surface area (TPSA) is 28.2 Å². The summed E-state index contributed by atoms with van der Waals surface area (Å²) in [5.41, 5.74) is 0. The van der Waals surface area contributed by atoms with Gasteiger partial charge >= 0.3 is 0 Å². The Bertz CT molecular complexity index is 409. The molecule has 2 aromatic rings. The molecule has 0 aliphatic rings. The van der Waals surface area contributed by atoms with Crippen LogP contribution < -0.4 is 5.32 Å². The van der Waals surface area contributed by atoms with E-state index < -0.39 is 0 Å². The molecule has 0 radical (unpaired) electrons. The van der Waals surface area contributed by atoms with Crippen molar-refractivity contribution in [3.05, 3.63) is 39.0 Å². The van der Waals surface area contributed by atoms with Crippen molar-refractivity contribution < 1.29 is 0 Å². The lowest BCUT2D eigenvalue weighted by Gasteiger charge is -2.23. The minimum atomic E-state index is 0.440. The summed E-state index contributed by atoms with van der Waals surface area (Å²) in [5.74, 6) is 0. The minimum absolute atomic E-state index is 0.440. The van der Waals surface area contributed by atoms with Crippen LogP contribution in [0.4, 0.5) is 0 Å². The molecule has 17 heavy (non-hydrogen) atoms. The maximum absolute atomic E-state index is 4.27. The van der Waals surface area contributed by atoms with Gasteiger partial charge in [0.2, 0.25) is 0 Å². The normalized spacial score (nSPS) is 13.1. The zero-order valence-corrected chi connectivity index (χ0v) is 11.7. The fraction of sp³-hybridized carbons (Fsp3) is 0.417. The molecule has 0 aromatic carbocycles. The van der Waals surface area contributed by atoms with Gasteiger partial charge in [0.15, 0.2) is 0 Å². The van der Waals surface area contributed by atoms with Crippen LogP contribution in [0.5, 0.6) is 0 Å². The molecule has 1 atom stereocenters. The van der Waals surface area contributed by atoms with Crippen LogP contribution in [0.15, 0.2) is 29.1 Å². The van der Waals surface area contributed by atoms with Gasteiger partial charge in [-0.25, -0.2) is 4.98 Å². The van der Waals surface area contributed by atoms with Gasteiger partial charge in [0.25, 0.3) is 0 Å². The molecule has 0 aliphatic carbocycles. The Morgan fingerprint density at radius 1 is 1.35 bits per heavy atom. The summed E-state index contributed by atoms with van der Waals surface area (Å²) in [6, 6.07) is 4.74. The van der Waals surface area contributed by atoms with Gasteiger partial charge in [-0.1, -0.05) is 6.07 Å². The first-order valence-electron chi connectivity index (χ1n) is 5.56. The molecule has 0 bridgehead atoms.